The summed E-state index contributed by atoms with van der Waals surface area (Å²) in [6.45, 7) is 6.24. The maximum Gasteiger partial charge on any atom is 0.342 e. The zero-order chi connectivity index (χ0) is 23.6. The number of carbonyl (C=O) groups excluding carboxylic acids is 1. The Morgan fingerprint density at radius 1 is 1.00 bits per heavy atom. The fourth-order valence-electron chi connectivity index (χ4n) is 3.73. The van der Waals surface area contributed by atoms with Crippen LogP contribution in [0.25, 0.3) is 21.7 Å². The Morgan fingerprint density at radius 2 is 1.70 bits per heavy atom. The van der Waals surface area contributed by atoms with E-state index in [0.29, 0.717) is 57.5 Å². The average molecular weight is 468 g/mol. The van der Waals surface area contributed by atoms with Crippen molar-refractivity contribution in [2.75, 3.05) is 17.9 Å². The molecule has 0 radical (unpaired) electrons. The van der Waals surface area contributed by atoms with Gasteiger partial charge in [-0.25, -0.2) is 13.2 Å². The molecule has 172 valence electrons. The zero-order valence-corrected chi connectivity index (χ0v) is 19.5. The molecule has 7 nitrogen and oxygen atoms in total. The normalized spacial score (nSPS) is 11.6. The summed E-state index contributed by atoms with van der Waals surface area (Å²) in [5, 5.41) is 1.84. The molecule has 0 saturated heterocycles. The number of furan rings is 1. The van der Waals surface area contributed by atoms with Crippen LogP contribution in [-0.2, 0) is 14.8 Å². The maximum absolute atomic E-state index is 13.1. The number of rotatable bonds is 8. The third-order valence-corrected chi connectivity index (χ3v) is 6.58. The van der Waals surface area contributed by atoms with Crippen LogP contribution in [-0.4, -0.2) is 27.6 Å². The minimum Gasteiger partial charge on any atom is -0.494 e. The van der Waals surface area contributed by atoms with Gasteiger partial charge in [-0.1, -0.05) is 31.2 Å². The quantitative estimate of drug-likeness (QED) is 0.336. The summed E-state index contributed by atoms with van der Waals surface area (Å²) < 4.78 is 45.6. The first-order valence-electron chi connectivity index (χ1n) is 10.7. The van der Waals surface area contributed by atoms with E-state index in [0.717, 1.165) is 0 Å². The Balaban J connectivity index is 1.83. The first-order chi connectivity index (χ1) is 15.9. The highest BCUT2D eigenvalue weighted by Crippen LogP contribution is 2.37. The van der Waals surface area contributed by atoms with Crippen LogP contribution in [0.1, 0.15) is 36.4 Å². The third kappa shape index (κ3) is 4.39. The van der Waals surface area contributed by atoms with Gasteiger partial charge in [-0.05, 0) is 50.6 Å². The number of hydrogen-bond donors (Lipinski definition) is 1. The Labute approximate surface area is 192 Å². The van der Waals surface area contributed by atoms with Gasteiger partial charge in [0.05, 0.1) is 23.8 Å². The van der Waals surface area contributed by atoms with Gasteiger partial charge in [-0.3, -0.25) is 4.72 Å². The topological polar surface area (TPSA) is 94.8 Å². The lowest BCUT2D eigenvalue weighted by molar-refractivity contribution is 0.0505. The minimum absolute atomic E-state index is 0.0982. The first kappa shape index (κ1) is 22.7. The fraction of sp³-hybridized carbons (Fsp3) is 0.240. The molecule has 1 N–H and O–H groups in total. The molecule has 0 fully saturated rings. The monoisotopic (exact) mass is 467 g/mol. The van der Waals surface area contributed by atoms with E-state index < -0.39 is 16.0 Å². The van der Waals surface area contributed by atoms with Crippen LogP contribution in [0.5, 0.6) is 5.75 Å². The first-order valence-corrected chi connectivity index (χ1v) is 12.2. The van der Waals surface area contributed by atoms with Gasteiger partial charge in [0.2, 0.25) is 0 Å². The molecule has 0 spiro atoms. The van der Waals surface area contributed by atoms with E-state index in [1.54, 1.807) is 31.2 Å². The van der Waals surface area contributed by atoms with Crippen molar-refractivity contribution in [3.05, 3.63) is 65.9 Å². The summed E-state index contributed by atoms with van der Waals surface area (Å²) in [6.07, 6.45) is 0.691. The lowest BCUT2D eigenvalue weighted by Crippen LogP contribution is -2.13. The average Bonchev–Trinajstić information content (AvgIpc) is 3.14. The summed E-state index contributed by atoms with van der Waals surface area (Å²) in [6, 6.07) is 15.1. The van der Waals surface area contributed by atoms with Gasteiger partial charge in [0.25, 0.3) is 10.0 Å². The standard InChI is InChI=1S/C25H25NO6S/c1-4-14-31-25(27)23-16(3)32-24-20-9-7-6-8-19(20)22(15-21(23)24)26-33(28,29)18-12-10-17(11-13-18)30-5-2/h6-13,15,26H,4-5,14H2,1-3H3. The van der Waals surface area contributed by atoms with Gasteiger partial charge in [-0.2, -0.15) is 0 Å². The molecular weight excluding hydrogens is 442 g/mol. The van der Waals surface area contributed by atoms with Crippen LogP contribution in [0.3, 0.4) is 0 Å². The van der Waals surface area contributed by atoms with Gasteiger partial charge in [-0.15, -0.1) is 0 Å². The highest BCUT2D eigenvalue weighted by Gasteiger charge is 2.24. The molecule has 4 aromatic rings. The van der Waals surface area contributed by atoms with E-state index in [1.807, 2.05) is 32.0 Å². The van der Waals surface area contributed by atoms with Crippen molar-refractivity contribution < 1.29 is 27.1 Å². The van der Waals surface area contributed by atoms with Gasteiger partial charge in [0.15, 0.2) is 0 Å². The second kappa shape index (κ2) is 9.15. The smallest absolute Gasteiger partial charge is 0.342 e. The number of fused-ring (bicyclic) bond motifs is 3. The molecule has 0 aliphatic rings. The number of benzene rings is 3. The SMILES string of the molecule is CCCOC(=O)c1c(C)oc2c1cc(NS(=O)(=O)c1ccc(OCC)cc1)c1ccccc12. The predicted molar refractivity (Wildman–Crippen MR) is 127 cm³/mol. The van der Waals surface area contributed by atoms with Gasteiger partial charge in [0, 0.05) is 16.2 Å². The molecule has 0 atom stereocenters. The third-order valence-electron chi connectivity index (χ3n) is 5.20. The Morgan fingerprint density at radius 3 is 2.36 bits per heavy atom. The van der Waals surface area contributed by atoms with Crippen LogP contribution in [0.4, 0.5) is 5.69 Å². The zero-order valence-electron chi connectivity index (χ0n) is 18.7. The number of aryl methyl sites for hydroxylation is 1. The van der Waals surface area contributed by atoms with Crippen molar-refractivity contribution in [3.63, 3.8) is 0 Å². The molecule has 0 unspecified atom stereocenters. The highest BCUT2D eigenvalue weighted by molar-refractivity contribution is 7.92. The summed E-state index contributed by atoms with van der Waals surface area (Å²) in [4.78, 5) is 12.8. The van der Waals surface area contributed by atoms with E-state index in [2.05, 4.69) is 4.72 Å². The molecule has 8 heteroatoms. The molecule has 0 saturated carbocycles. The fourth-order valence-corrected chi connectivity index (χ4v) is 4.80. The van der Waals surface area contributed by atoms with E-state index in [1.165, 1.54) is 12.1 Å². The number of esters is 1. The second-order valence-corrected chi connectivity index (χ2v) is 9.21. The number of nitrogens with one attached hydrogen (secondary N) is 1. The van der Waals surface area contributed by atoms with Gasteiger partial charge >= 0.3 is 5.97 Å². The Bertz CT molecular complexity index is 1420. The predicted octanol–water partition coefficient (Wildman–Crippen LogP) is 5.66. The number of anilines is 1. The summed E-state index contributed by atoms with van der Waals surface area (Å²) in [5.41, 5.74) is 1.15. The van der Waals surface area contributed by atoms with E-state index in [-0.39, 0.29) is 11.5 Å². The number of ether oxygens (including phenoxy) is 2. The van der Waals surface area contributed by atoms with Crippen LogP contribution < -0.4 is 9.46 Å². The van der Waals surface area contributed by atoms with E-state index in [4.69, 9.17) is 13.9 Å². The second-order valence-electron chi connectivity index (χ2n) is 7.53. The Kier molecular flexibility index (Phi) is 6.29. The van der Waals surface area contributed by atoms with Crippen molar-refractivity contribution in [1.29, 1.82) is 0 Å². The number of sulfonamides is 1. The van der Waals surface area contributed by atoms with Crippen LogP contribution in [0, 0.1) is 6.92 Å². The summed E-state index contributed by atoms with van der Waals surface area (Å²) >= 11 is 0. The largest absolute Gasteiger partial charge is 0.494 e. The van der Waals surface area contributed by atoms with Crippen molar-refractivity contribution in [3.8, 4) is 5.75 Å². The van der Waals surface area contributed by atoms with Crippen LogP contribution >= 0.6 is 0 Å². The molecular formula is C25H25NO6S. The maximum atomic E-state index is 13.1. The molecule has 0 aliphatic carbocycles. The van der Waals surface area contributed by atoms with Crippen LogP contribution in [0.15, 0.2) is 63.9 Å². The van der Waals surface area contributed by atoms with Crippen molar-refractivity contribution in [1.82, 2.24) is 0 Å². The molecule has 1 heterocycles. The number of hydrogen-bond acceptors (Lipinski definition) is 6. The van der Waals surface area contributed by atoms with Gasteiger partial charge < -0.3 is 13.9 Å². The lowest BCUT2D eigenvalue weighted by atomic mass is 10.0. The van der Waals surface area contributed by atoms with Gasteiger partial charge in [0.1, 0.15) is 22.7 Å². The summed E-state index contributed by atoms with van der Waals surface area (Å²) in [5.74, 6) is 0.513. The molecule has 0 amide bonds. The molecule has 4 rings (SSSR count). The minimum atomic E-state index is -3.90. The van der Waals surface area contributed by atoms with Crippen molar-refractivity contribution in [2.45, 2.75) is 32.1 Å². The Hall–Kier alpha value is -3.52. The number of carbonyl (C=O) groups is 1. The van der Waals surface area contributed by atoms with Crippen molar-refractivity contribution >= 4 is 43.4 Å². The van der Waals surface area contributed by atoms with E-state index >= 15 is 0 Å². The molecule has 1 aromatic heterocycles. The lowest BCUT2D eigenvalue weighted by Gasteiger charge is -2.12. The van der Waals surface area contributed by atoms with Crippen LogP contribution in [0.2, 0.25) is 0 Å². The molecule has 0 aliphatic heterocycles. The molecule has 0 bridgehead atoms. The molecule has 33 heavy (non-hydrogen) atoms. The highest BCUT2D eigenvalue weighted by atomic mass is 32.2. The molecule has 3 aromatic carbocycles. The van der Waals surface area contributed by atoms with E-state index in [9.17, 15) is 13.2 Å². The summed E-state index contributed by atoms with van der Waals surface area (Å²) in [7, 11) is -3.90. The van der Waals surface area contributed by atoms with Crippen molar-refractivity contribution in [2.24, 2.45) is 0 Å².